The molecule has 1 aliphatic heterocycles. The van der Waals surface area contributed by atoms with Gasteiger partial charge in [-0.1, -0.05) is 0 Å². The maximum Gasteiger partial charge on any atom is 0.387 e. The van der Waals surface area contributed by atoms with Crippen LogP contribution < -0.4 is 25.0 Å². The first-order valence-electron chi connectivity index (χ1n) is 10.4. The number of alkyl halides is 2. The summed E-state index contributed by atoms with van der Waals surface area (Å²) >= 11 is 0. The van der Waals surface area contributed by atoms with Crippen LogP contribution >= 0.6 is 24.0 Å². The molecule has 1 aliphatic rings. The summed E-state index contributed by atoms with van der Waals surface area (Å²) < 4.78 is 35.2. The van der Waals surface area contributed by atoms with E-state index in [0.29, 0.717) is 23.8 Å². The lowest BCUT2D eigenvalue weighted by Gasteiger charge is -2.34. The lowest BCUT2D eigenvalue weighted by atomic mass is 10.2. The number of ether oxygens (including phenoxy) is 2. The monoisotopic (exact) mass is 577 g/mol. The van der Waals surface area contributed by atoms with Crippen molar-refractivity contribution in [1.82, 2.24) is 25.5 Å². The highest BCUT2D eigenvalue weighted by atomic mass is 127. The number of halogens is 3. The first-order chi connectivity index (χ1) is 15.6. The van der Waals surface area contributed by atoms with Crippen LogP contribution in [0.1, 0.15) is 5.56 Å². The Kier molecular flexibility index (Phi) is 11.3. The second-order valence-electron chi connectivity index (χ2n) is 7.08. The fourth-order valence-corrected chi connectivity index (χ4v) is 3.39. The molecular weight excluding hydrogens is 547 g/mol. The van der Waals surface area contributed by atoms with Gasteiger partial charge in [0.05, 0.1) is 7.11 Å². The van der Waals surface area contributed by atoms with Gasteiger partial charge in [-0.2, -0.15) is 8.78 Å². The van der Waals surface area contributed by atoms with Gasteiger partial charge in [-0.15, -0.1) is 24.0 Å². The summed E-state index contributed by atoms with van der Waals surface area (Å²) in [5.74, 6) is 2.00. The highest BCUT2D eigenvalue weighted by molar-refractivity contribution is 14.0. The van der Waals surface area contributed by atoms with Crippen LogP contribution in [0.5, 0.6) is 11.5 Å². The van der Waals surface area contributed by atoms with Gasteiger partial charge in [0.2, 0.25) is 5.95 Å². The normalized spacial score (nSPS) is 14.6. The largest absolute Gasteiger partial charge is 0.497 e. The zero-order chi connectivity index (χ0) is 22.8. The number of hydrogen-bond donors (Lipinski definition) is 2. The Morgan fingerprint density at radius 1 is 1.15 bits per heavy atom. The van der Waals surface area contributed by atoms with Gasteiger partial charge in [-0.3, -0.25) is 9.89 Å². The van der Waals surface area contributed by atoms with E-state index >= 15 is 0 Å². The summed E-state index contributed by atoms with van der Waals surface area (Å²) in [5.41, 5.74) is 0.548. The molecule has 1 fully saturated rings. The molecule has 2 N–H and O–H groups in total. The molecule has 0 bridgehead atoms. The van der Waals surface area contributed by atoms with Crippen molar-refractivity contribution in [2.75, 3.05) is 58.3 Å². The van der Waals surface area contributed by atoms with E-state index in [1.807, 2.05) is 6.07 Å². The van der Waals surface area contributed by atoms with Gasteiger partial charge in [0.25, 0.3) is 0 Å². The minimum Gasteiger partial charge on any atom is -0.497 e. The standard InChI is InChI=1S/C21H29F2N7O2.HI/c1-24-20(28-15-16-14-17(31-2)4-5-18(16)32-19(22)23)25-8-9-29-10-12-30(13-11-29)21-26-6-3-7-27-21;/h3-7,14,19H,8-13,15H2,1-2H3,(H2,24,25,28);1H. The minimum atomic E-state index is -2.89. The molecule has 0 spiro atoms. The first kappa shape index (κ1) is 26.8. The van der Waals surface area contributed by atoms with Crippen molar-refractivity contribution in [3.05, 3.63) is 42.2 Å². The smallest absolute Gasteiger partial charge is 0.387 e. The first-order valence-corrected chi connectivity index (χ1v) is 10.4. The molecule has 0 aliphatic carbocycles. The van der Waals surface area contributed by atoms with E-state index in [1.165, 1.54) is 13.2 Å². The topological polar surface area (TPSA) is 87.1 Å². The molecule has 12 heteroatoms. The van der Waals surface area contributed by atoms with Crippen molar-refractivity contribution in [3.63, 3.8) is 0 Å². The van der Waals surface area contributed by atoms with Gasteiger partial charge in [-0.05, 0) is 24.3 Å². The molecule has 2 heterocycles. The van der Waals surface area contributed by atoms with Gasteiger partial charge in [0.15, 0.2) is 5.96 Å². The van der Waals surface area contributed by atoms with E-state index in [9.17, 15) is 8.78 Å². The van der Waals surface area contributed by atoms with E-state index in [1.54, 1.807) is 31.6 Å². The van der Waals surface area contributed by atoms with Crippen LogP contribution in [-0.4, -0.2) is 80.9 Å². The summed E-state index contributed by atoms with van der Waals surface area (Å²) in [6, 6.07) is 6.53. The van der Waals surface area contributed by atoms with E-state index in [-0.39, 0.29) is 36.3 Å². The average Bonchev–Trinajstić information content (AvgIpc) is 2.82. The maximum absolute atomic E-state index is 12.7. The minimum absolute atomic E-state index is 0. The highest BCUT2D eigenvalue weighted by Gasteiger charge is 2.18. The number of piperazine rings is 1. The molecule has 2 aromatic rings. The number of aromatic nitrogens is 2. The van der Waals surface area contributed by atoms with Crippen molar-refractivity contribution in [2.24, 2.45) is 4.99 Å². The molecular formula is C21H30F2IN7O2. The lowest BCUT2D eigenvalue weighted by Crippen LogP contribution is -2.49. The van der Waals surface area contributed by atoms with Gasteiger partial charge in [0.1, 0.15) is 11.5 Å². The number of methoxy groups -OCH3 is 1. The molecule has 182 valence electrons. The molecule has 9 nitrogen and oxygen atoms in total. The lowest BCUT2D eigenvalue weighted by molar-refractivity contribution is -0.0505. The van der Waals surface area contributed by atoms with Crippen LogP contribution in [0.25, 0.3) is 0 Å². The van der Waals surface area contributed by atoms with Crippen LogP contribution in [0.3, 0.4) is 0 Å². The Morgan fingerprint density at radius 2 is 1.88 bits per heavy atom. The third-order valence-electron chi connectivity index (χ3n) is 5.08. The fraction of sp³-hybridized carbons (Fsp3) is 0.476. The predicted molar refractivity (Wildman–Crippen MR) is 134 cm³/mol. The van der Waals surface area contributed by atoms with Gasteiger partial charge in [0, 0.05) is 70.8 Å². The molecule has 0 radical (unpaired) electrons. The number of nitrogens with one attached hydrogen (secondary N) is 2. The molecule has 1 aromatic heterocycles. The molecule has 1 aromatic carbocycles. The van der Waals surface area contributed by atoms with Gasteiger partial charge in [-0.25, -0.2) is 9.97 Å². The number of guanidine groups is 1. The predicted octanol–water partition coefficient (Wildman–Crippen LogP) is 2.19. The third kappa shape index (κ3) is 8.42. The second-order valence-corrected chi connectivity index (χ2v) is 7.08. The van der Waals surface area contributed by atoms with Crippen LogP contribution in [0, 0.1) is 0 Å². The Morgan fingerprint density at radius 3 is 2.52 bits per heavy atom. The van der Waals surface area contributed by atoms with E-state index in [4.69, 9.17) is 4.74 Å². The summed E-state index contributed by atoms with van der Waals surface area (Å²) in [6.45, 7) is 2.50. The zero-order valence-corrected chi connectivity index (χ0v) is 21.0. The summed E-state index contributed by atoms with van der Waals surface area (Å²) in [5, 5.41) is 6.39. The number of nitrogens with zero attached hydrogens (tertiary/aromatic N) is 5. The molecule has 0 unspecified atom stereocenters. The van der Waals surface area contributed by atoms with Crippen LogP contribution in [0.2, 0.25) is 0 Å². The second kappa shape index (κ2) is 13.9. The highest BCUT2D eigenvalue weighted by Crippen LogP contribution is 2.25. The number of anilines is 1. The number of aliphatic imine (C=N–C) groups is 1. The Balaban J connectivity index is 0.00000385. The summed E-state index contributed by atoms with van der Waals surface area (Å²) in [7, 11) is 3.18. The summed E-state index contributed by atoms with van der Waals surface area (Å²) in [4.78, 5) is 17.3. The van der Waals surface area contributed by atoms with Crippen LogP contribution in [-0.2, 0) is 6.54 Å². The van der Waals surface area contributed by atoms with Gasteiger partial charge >= 0.3 is 6.61 Å². The molecule has 0 amide bonds. The molecule has 0 atom stereocenters. The zero-order valence-electron chi connectivity index (χ0n) is 18.7. The quantitative estimate of drug-likeness (QED) is 0.267. The number of benzene rings is 1. The van der Waals surface area contributed by atoms with Crippen LogP contribution in [0.4, 0.5) is 14.7 Å². The molecule has 33 heavy (non-hydrogen) atoms. The molecule has 1 saturated heterocycles. The van der Waals surface area contributed by atoms with Crippen LogP contribution in [0.15, 0.2) is 41.7 Å². The van der Waals surface area contributed by atoms with Crippen molar-refractivity contribution in [1.29, 1.82) is 0 Å². The third-order valence-corrected chi connectivity index (χ3v) is 5.08. The molecule has 3 rings (SSSR count). The maximum atomic E-state index is 12.7. The molecule has 0 saturated carbocycles. The van der Waals surface area contributed by atoms with Crippen molar-refractivity contribution < 1.29 is 18.3 Å². The SMILES string of the molecule is CN=C(NCCN1CCN(c2ncccn2)CC1)NCc1cc(OC)ccc1OC(F)F.I. The van der Waals surface area contributed by atoms with Crippen molar-refractivity contribution in [3.8, 4) is 11.5 Å². The van der Waals surface area contributed by atoms with E-state index < -0.39 is 6.61 Å². The average molecular weight is 577 g/mol. The Hall–Kier alpha value is -2.48. The Labute approximate surface area is 209 Å². The summed E-state index contributed by atoms with van der Waals surface area (Å²) in [6.07, 6.45) is 3.51. The van der Waals surface area contributed by atoms with Gasteiger partial charge < -0.3 is 25.0 Å². The van der Waals surface area contributed by atoms with Crippen molar-refractivity contribution >= 4 is 35.9 Å². The number of rotatable bonds is 9. The van der Waals surface area contributed by atoms with E-state index in [2.05, 4.69) is 40.1 Å². The fourth-order valence-electron chi connectivity index (χ4n) is 3.39. The van der Waals surface area contributed by atoms with Crippen molar-refractivity contribution in [2.45, 2.75) is 13.2 Å². The Bertz CT molecular complexity index is 869. The number of hydrogen-bond acceptors (Lipinski definition) is 7. The van der Waals surface area contributed by atoms with E-state index in [0.717, 1.165) is 38.7 Å².